The van der Waals surface area contributed by atoms with Crippen molar-refractivity contribution in [1.82, 2.24) is 0 Å². The van der Waals surface area contributed by atoms with Crippen LogP contribution in [0.5, 0.6) is 0 Å². The fraction of sp³-hybridized carbons (Fsp3) is 0.235. The Hall–Kier alpha value is -2.29. The average molecular weight is 267 g/mol. The van der Waals surface area contributed by atoms with Gasteiger partial charge in [0.05, 0.1) is 0 Å². The number of nitrogens with two attached hydrogens (primary N) is 1. The Morgan fingerprint density at radius 1 is 1.05 bits per heavy atom. The molecule has 20 heavy (non-hydrogen) atoms. The number of nitrogen functional groups attached to an aromatic ring is 1. The highest BCUT2D eigenvalue weighted by atomic mass is 15.1. The summed E-state index contributed by atoms with van der Waals surface area (Å²) in [7, 11) is 2.02. The molecular weight excluding hydrogens is 246 g/mol. The first-order valence-corrected chi connectivity index (χ1v) is 6.84. The van der Waals surface area contributed by atoms with E-state index in [-0.39, 0.29) is 5.84 Å². The largest absolute Gasteiger partial charge is 0.384 e. The highest BCUT2D eigenvalue weighted by Gasteiger charge is 2.09. The Morgan fingerprint density at radius 3 is 2.25 bits per heavy atom. The molecule has 0 amide bonds. The molecule has 0 unspecified atom stereocenters. The van der Waals surface area contributed by atoms with Crippen LogP contribution < -0.4 is 10.6 Å². The number of hydrogen-bond acceptors (Lipinski definition) is 2. The summed E-state index contributed by atoms with van der Waals surface area (Å²) in [6.07, 6.45) is 1.06. The van der Waals surface area contributed by atoms with E-state index in [2.05, 4.69) is 36.1 Å². The Bertz CT molecular complexity index is 587. The number of amidine groups is 1. The molecule has 2 rings (SSSR count). The smallest absolute Gasteiger partial charge is 0.124 e. The quantitative estimate of drug-likeness (QED) is 0.646. The first-order chi connectivity index (χ1) is 9.61. The molecule has 0 aromatic heterocycles. The van der Waals surface area contributed by atoms with Gasteiger partial charge in [-0.25, -0.2) is 0 Å². The fourth-order valence-electron chi connectivity index (χ4n) is 2.27. The predicted octanol–water partition coefficient (Wildman–Crippen LogP) is 3.17. The van der Waals surface area contributed by atoms with Crippen LogP contribution >= 0.6 is 0 Å². The zero-order valence-corrected chi connectivity index (χ0v) is 12.1. The van der Waals surface area contributed by atoms with Crippen molar-refractivity contribution in [2.24, 2.45) is 5.73 Å². The lowest BCUT2D eigenvalue weighted by molar-refractivity contribution is 0.919. The molecule has 0 saturated heterocycles. The normalized spacial score (nSPS) is 10.3. The molecule has 3 heteroatoms. The van der Waals surface area contributed by atoms with E-state index < -0.39 is 0 Å². The van der Waals surface area contributed by atoms with Gasteiger partial charge in [-0.05, 0) is 29.7 Å². The SMILES string of the molecule is CCc1ccc(CN(C)c2ccccc2C(=N)N)cc1. The molecule has 0 atom stereocenters. The first-order valence-electron chi connectivity index (χ1n) is 6.84. The number of anilines is 1. The number of hydrogen-bond donors (Lipinski definition) is 2. The van der Waals surface area contributed by atoms with Crippen molar-refractivity contribution in [3.05, 3.63) is 65.2 Å². The third-order valence-corrected chi connectivity index (χ3v) is 3.46. The van der Waals surface area contributed by atoms with Crippen molar-refractivity contribution in [2.75, 3.05) is 11.9 Å². The van der Waals surface area contributed by atoms with Crippen LogP contribution in [0.3, 0.4) is 0 Å². The molecule has 2 aromatic carbocycles. The Morgan fingerprint density at radius 2 is 1.65 bits per heavy atom. The van der Waals surface area contributed by atoms with Crippen molar-refractivity contribution < 1.29 is 0 Å². The van der Waals surface area contributed by atoms with Crippen molar-refractivity contribution in [1.29, 1.82) is 5.41 Å². The van der Waals surface area contributed by atoms with E-state index in [0.717, 1.165) is 24.2 Å². The van der Waals surface area contributed by atoms with E-state index in [4.69, 9.17) is 11.1 Å². The van der Waals surface area contributed by atoms with Crippen LogP contribution in [-0.4, -0.2) is 12.9 Å². The third-order valence-electron chi connectivity index (χ3n) is 3.46. The van der Waals surface area contributed by atoms with Crippen molar-refractivity contribution in [2.45, 2.75) is 19.9 Å². The number of benzene rings is 2. The molecule has 0 spiro atoms. The maximum absolute atomic E-state index is 7.65. The number of nitrogens with zero attached hydrogens (tertiary/aromatic N) is 1. The molecule has 0 fully saturated rings. The number of rotatable bonds is 5. The molecule has 0 radical (unpaired) electrons. The molecule has 0 bridgehead atoms. The highest BCUT2D eigenvalue weighted by molar-refractivity contribution is 6.00. The third kappa shape index (κ3) is 3.18. The second-order valence-corrected chi connectivity index (χ2v) is 4.96. The van der Waals surface area contributed by atoms with E-state index in [1.54, 1.807) is 0 Å². The molecule has 104 valence electrons. The molecule has 3 N–H and O–H groups in total. The Balaban J connectivity index is 2.19. The summed E-state index contributed by atoms with van der Waals surface area (Å²) in [5.74, 6) is 0.105. The van der Waals surface area contributed by atoms with Crippen LogP contribution in [0.15, 0.2) is 48.5 Å². The van der Waals surface area contributed by atoms with Crippen LogP contribution in [0.4, 0.5) is 5.69 Å². The summed E-state index contributed by atoms with van der Waals surface area (Å²) in [5.41, 5.74) is 10.0. The van der Waals surface area contributed by atoms with Gasteiger partial charge in [-0.2, -0.15) is 0 Å². The summed E-state index contributed by atoms with van der Waals surface area (Å²) in [5, 5.41) is 7.65. The zero-order valence-electron chi connectivity index (χ0n) is 12.1. The summed E-state index contributed by atoms with van der Waals surface area (Å²) in [4.78, 5) is 2.12. The van der Waals surface area contributed by atoms with Crippen molar-refractivity contribution in [3.8, 4) is 0 Å². The van der Waals surface area contributed by atoms with Gasteiger partial charge < -0.3 is 10.6 Å². The van der Waals surface area contributed by atoms with Gasteiger partial charge in [0.25, 0.3) is 0 Å². The van der Waals surface area contributed by atoms with E-state index in [1.165, 1.54) is 11.1 Å². The van der Waals surface area contributed by atoms with Crippen LogP contribution in [-0.2, 0) is 13.0 Å². The van der Waals surface area contributed by atoms with Gasteiger partial charge in [0.1, 0.15) is 5.84 Å². The van der Waals surface area contributed by atoms with E-state index in [0.29, 0.717) is 0 Å². The fourth-order valence-corrected chi connectivity index (χ4v) is 2.27. The maximum atomic E-state index is 7.65. The lowest BCUT2D eigenvalue weighted by Crippen LogP contribution is -2.21. The Labute approximate surface area is 120 Å². The van der Waals surface area contributed by atoms with Gasteiger partial charge in [0, 0.05) is 24.8 Å². The number of aryl methyl sites for hydroxylation is 1. The molecule has 0 saturated carbocycles. The summed E-state index contributed by atoms with van der Waals surface area (Å²) >= 11 is 0. The summed E-state index contributed by atoms with van der Waals surface area (Å²) in [6.45, 7) is 2.96. The monoisotopic (exact) mass is 267 g/mol. The van der Waals surface area contributed by atoms with E-state index in [9.17, 15) is 0 Å². The van der Waals surface area contributed by atoms with Gasteiger partial charge in [0.2, 0.25) is 0 Å². The minimum atomic E-state index is 0.105. The lowest BCUT2D eigenvalue weighted by atomic mass is 10.1. The molecular formula is C17H21N3. The standard InChI is InChI=1S/C17H21N3/c1-3-13-8-10-14(11-9-13)12-20(2)16-7-5-4-6-15(16)17(18)19/h4-11H,3,12H2,1-2H3,(H3,18,19). The van der Waals surface area contributed by atoms with Crippen LogP contribution in [0.2, 0.25) is 0 Å². The topological polar surface area (TPSA) is 53.1 Å². The average Bonchev–Trinajstić information content (AvgIpc) is 2.48. The Kier molecular flexibility index (Phi) is 4.41. The number of para-hydroxylation sites is 1. The molecule has 0 aliphatic rings. The van der Waals surface area contributed by atoms with Gasteiger partial charge in [-0.1, -0.05) is 43.3 Å². The molecule has 2 aromatic rings. The highest BCUT2D eigenvalue weighted by Crippen LogP contribution is 2.20. The zero-order chi connectivity index (χ0) is 14.5. The van der Waals surface area contributed by atoms with Crippen molar-refractivity contribution >= 4 is 11.5 Å². The lowest BCUT2D eigenvalue weighted by Gasteiger charge is -2.22. The van der Waals surface area contributed by atoms with Crippen LogP contribution in [0.1, 0.15) is 23.6 Å². The second kappa shape index (κ2) is 6.24. The minimum Gasteiger partial charge on any atom is -0.384 e. The van der Waals surface area contributed by atoms with Gasteiger partial charge in [-0.3, -0.25) is 5.41 Å². The summed E-state index contributed by atoms with van der Waals surface area (Å²) in [6, 6.07) is 16.4. The van der Waals surface area contributed by atoms with Gasteiger partial charge >= 0.3 is 0 Å². The first kappa shape index (κ1) is 14.1. The van der Waals surface area contributed by atoms with E-state index >= 15 is 0 Å². The van der Waals surface area contributed by atoms with Gasteiger partial charge in [0.15, 0.2) is 0 Å². The molecule has 0 heterocycles. The summed E-state index contributed by atoms with van der Waals surface area (Å²) < 4.78 is 0. The predicted molar refractivity (Wildman–Crippen MR) is 85.4 cm³/mol. The molecule has 3 nitrogen and oxygen atoms in total. The van der Waals surface area contributed by atoms with Crippen molar-refractivity contribution in [3.63, 3.8) is 0 Å². The van der Waals surface area contributed by atoms with Crippen LogP contribution in [0.25, 0.3) is 0 Å². The second-order valence-electron chi connectivity index (χ2n) is 4.96. The maximum Gasteiger partial charge on any atom is 0.124 e. The van der Waals surface area contributed by atoms with Crippen LogP contribution in [0, 0.1) is 5.41 Å². The molecule has 0 aliphatic heterocycles. The van der Waals surface area contributed by atoms with E-state index in [1.807, 2.05) is 31.3 Å². The number of nitrogens with one attached hydrogen (secondary N) is 1. The molecule has 0 aliphatic carbocycles. The van der Waals surface area contributed by atoms with Gasteiger partial charge in [-0.15, -0.1) is 0 Å². The minimum absolute atomic E-state index is 0.105.